The molecule has 0 spiro atoms. The lowest BCUT2D eigenvalue weighted by Crippen LogP contribution is -1.84. The van der Waals surface area contributed by atoms with Crippen LogP contribution in [0.5, 0.6) is 0 Å². The first-order chi connectivity index (χ1) is 7.77. The van der Waals surface area contributed by atoms with Crippen molar-refractivity contribution in [1.29, 1.82) is 0 Å². The van der Waals surface area contributed by atoms with Crippen LogP contribution in [0.4, 0.5) is 0 Å². The zero-order valence-electron chi connectivity index (χ0n) is 10.5. The van der Waals surface area contributed by atoms with Crippen molar-refractivity contribution in [2.24, 2.45) is 0 Å². The Hall–Kier alpha value is 0.180. The summed E-state index contributed by atoms with van der Waals surface area (Å²) in [7, 11) is 0. The minimum Gasteiger partial charge on any atom is -0.133 e. The fourth-order valence-corrected chi connectivity index (χ4v) is 3.75. The second kappa shape index (κ2) is 8.30. The normalized spacial score (nSPS) is 10.9. The second-order valence-corrected chi connectivity index (χ2v) is 6.88. The number of hydrogen-bond acceptors (Lipinski definition) is 1. The smallest absolute Gasteiger partial charge is 0.0733 e. The van der Waals surface area contributed by atoms with E-state index in [0.717, 1.165) is 0 Å². The molecule has 0 fully saturated rings. The summed E-state index contributed by atoms with van der Waals surface area (Å²) >= 11 is 5.63. The molecule has 0 unspecified atom stereocenters. The van der Waals surface area contributed by atoms with Gasteiger partial charge >= 0.3 is 0 Å². The molecule has 0 aliphatic rings. The number of halogens is 1. The Morgan fingerprint density at radius 1 is 1.00 bits per heavy atom. The Balaban J connectivity index is 2.37. The van der Waals surface area contributed by atoms with Crippen LogP contribution in [-0.4, -0.2) is 0 Å². The topological polar surface area (TPSA) is 0 Å². The molecule has 1 heterocycles. The van der Waals surface area contributed by atoms with Crippen molar-refractivity contribution < 1.29 is 0 Å². The van der Waals surface area contributed by atoms with Crippen molar-refractivity contribution in [3.63, 3.8) is 0 Å². The average Bonchev–Trinajstić information content (AvgIpc) is 2.63. The van der Waals surface area contributed by atoms with Gasteiger partial charge in [-0.15, -0.1) is 11.3 Å². The first-order valence-corrected chi connectivity index (χ1v) is 8.16. The molecule has 0 aliphatic heterocycles. The molecule has 0 N–H and O–H groups in total. The molecule has 92 valence electrons. The van der Waals surface area contributed by atoms with Gasteiger partial charge in [-0.25, -0.2) is 0 Å². The highest BCUT2D eigenvalue weighted by atomic mass is 79.9. The molecular weight excluding hydrogens is 280 g/mol. The molecular formula is C14H23BrS. The van der Waals surface area contributed by atoms with Crippen molar-refractivity contribution in [1.82, 2.24) is 0 Å². The number of rotatable bonds is 8. The minimum atomic E-state index is 1.25. The Bertz CT molecular complexity index is 291. The zero-order chi connectivity index (χ0) is 11.8. The summed E-state index contributed by atoms with van der Waals surface area (Å²) < 4.78 is 1.37. The lowest BCUT2D eigenvalue weighted by atomic mass is 10.1. The van der Waals surface area contributed by atoms with Crippen LogP contribution in [0.15, 0.2) is 9.85 Å². The standard InChI is InChI=1S/C14H23BrS/c1-3-5-7-8-9-12-11-13(10-6-4-2)16-14(12)15/h11H,3-10H2,1-2H3. The highest BCUT2D eigenvalue weighted by Gasteiger charge is 2.06. The van der Waals surface area contributed by atoms with E-state index in [9.17, 15) is 0 Å². The predicted molar refractivity (Wildman–Crippen MR) is 78.5 cm³/mol. The molecule has 1 aromatic heterocycles. The van der Waals surface area contributed by atoms with Gasteiger partial charge in [-0.2, -0.15) is 0 Å². The van der Waals surface area contributed by atoms with E-state index in [1.165, 1.54) is 60.7 Å². The fourth-order valence-electron chi connectivity index (χ4n) is 1.85. The molecule has 1 aromatic rings. The van der Waals surface area contributed by atoms with E-state index >= 15 is 0 Å². The summed E-state index contributed by atoms with van der Waals surface area (Å²) in [6.45, 7) is 4.53. The number of hydrogen-bond donors (Lipinski definition) is 0. The number of aryl methyl sites for hydroxylation is 2. The van der Waals surface area contributed by atoms with Crippen LogP contribution in [0.1, 0.15) is 62.8 Å². The summed E-state index contributed by atoms with van der Waals surface area (Å²) in [5, 5.41) is 0. The van der Waals surface area contributed by atoms with E-state index in [1.54, 1.807) is 4.88 Å². The van der Waals surface area contributed by atoms with Crippen molar-refractivity contribution in [2.45, 2.75) is 65.2 Å². The van der Waals surface area contributed by atoms with Gasteiger partial charge in [0.2, 0.25) is 0 Å². The van der Waals surface area contributed by atoms with E-state index < -0.39 is 0 Å². The van der Waals surface area contributed by atoms with E-state index in [4.69, 9.17) is 0 Å². The van der Waals surface area contributed by atoms with Gasteiger partial charge in [0.05, 0.1) is 3.79 Å². The minimum absolute atomic E-state index is 1.25. The van der Waals surface area contributed by atoms with Gasteiger partial charge in [0.1, 0.15) is 0 Å². The monoisotopic (exact) mass is 302 g/mol. The first kappa shape index (κ1) is 14.2. The van der Waals surface area contributed by atoms with Crippen molar-refractivity contribution >= 4 is 27.3 Å². The van der Waals surface area contributed by atoms with Crippen LogP contribution in [0, 0.1) is 0 Å². The molecule has 0 saturated carbocycles. The maximum Gasteiger partial charge on any atom is 0.0733 e. The summed E-state index contributed by atoms with van der Waals surface area (Å²) in [6.07, 6.45) is 10.6. The molecule has 0 nitrogen and oxygen atoms in total. The van der Waals surface area contributed by atoms with Gasteiger partial charge in [-0.05, 0) is 53.2 Å². The van der Waals surface area contributed by atoms with E-state index in [-0.39, 0.29) is 0 Å². The van der Waals surface area contributed by atoms with Crippen LogP contribution in [-0.2, 0) is 12.8 Å². The lowest BCUT2D eigenvalue weighted by molar-refractivity contribution is 0.666. The summed E-state index contributed by atoms with van der Waals surface area (Å²) in [4.78, 5) is 1.55. The predicted octanol–water partition coefficient (Wildman–Crippen LogP) is 5.98. The highest BCUT2D eigenvalue weighted by Crippen LogP contribution is 2.30. The van der Waals surface area contributed by atoms with E-state index in [2.05, 4.69) is 35.8 Å². The lowest BCUT2D eigenvalue weighted by Gasteiger charge is -1.98. The summed E-state index contributed by atoms with van der Waals surface area (Å²) in [5.74, 6) is 0. The quantitative estimate of drug-likeness (QED) is 0.518. The van der Waals surface area contributed by atoms with Gasteiger partial charge in [0.25, 0.3) is 0 Å². The van der Waals surface area contributed by atoms with Gasteiger partial charge in [-0.3, -0.25) is 0 Å². The maximum atomic E-state index is 3.70. The molecule has 0 aliphatic carbocycles. The molecule has 0 radical (unpaired) electrons. The second-order valence-electron chi connectivity index (χ2n) is 4.43. The Morgan fingerprint density at radius 2 is 1.75 bits per heavy atom. The largest absolute Gasteiger partial charge is 0.133 e. The van der Waals surface area contributed by atoms with Crippen LogP contribution in [0.2, 0.25) is 0 Å². The zero-order valence-corrected chi connectivity index (χ0v) is 12.9. The summed E-state index contributed by atoms with van der Waals surface area (Å²) in [6, 6.07) is 2.41. The maximum absolute atomic E-state index is 3.70. The third kappa shape index (κ3) is 5.01. The molecule has 2 heteroatoms. The third-order valence-electron chi connectivity index (χ3n) is 2.88. The Labute approximate surface area is 113 Å². The Kier molecular flexibility index (Phi) is 7.39. The number of unbranched alkanes of at least 4 members (excludes halogenated alkanes) is 4. The van der Waals surface area contributed by atoms with E-state index in [1.807, 2.05) is 11.3 Å². The molecule has 0 aromatic carbocycles. The van der Waals surface area contributed by atoms with Crippen molar-refractivity contribution in [3.05, 3.63) is 20.3 Å². The fraction of sp³-hybridized carbons (Fsp3) is 0.714. The van der Waals surface area contributed by atoms with Crippen molar-refractivity contribution in [2.75, 3.05) is 0 Å². The Morgan fingerprint density at radius 3 is 2.44 bits per heavy atom. The van der Waals surface area contributed by atoms with Gasteiger partial charge in [-0.1, -0.05) is 39.5 Å². The first-order valence-electron chi connectivity index (χ1n) is 6.55. The van der Waals surface area contributed by atoms with Gasteiger partial charge in [0, 0.05) is 4.88 Å². The number of thiophene rings is 1. The van der Waals surface area contributed by atoms with Gasteiger partial charge < -0.3 is 0 Å². The van der Waals surface area contributed by atoms with Gasteiger partial charge in [0.15, 0.2) is 0 Å². The average molecular weight is 303 g/mol. The molecule has 0 saturated heterocycles. The van der Waals surface area contributed by atoms with Crippen LogP contribution < -0.4 is 0 Å². The van der Waals surface area contributed by atoms with Crippen LogP contribution >= 0.6 is 27.3 Å². The molecule has 1 rings (SSSR count). The molecule has 0 atom stereocenters. The summed E-state index contributed by atoms with van der Waals surface area (Å²) in [5.41, 5.74) is 1.53. The molecule has 0 bridgehead atoms. The highest BCUT2D eigenvalue weighted by molar-refractivity contribution is 9.11. The molecule has 16 heavy (non-hydrogen) atoms. The third-order valence-corrected chi connectivity index (χ3v) is 4.91. The molecule has 0 amide bonds. The van der Waals surface area contributed by atoms with E-state index in [0.29, 0.717) is 0 Å². The van der Waals surface area contributed by atoms with Crippen molar-refractivity contribution in [3.8, 4) is 0 Å². The van der Waals surface area contributed by atoms with Crippen LogP contribution in [0.25, 0.3) is 0 Å². The van der Waals surface area contributed by atoms with Crippen LogP contribution in [0.3, 0.4) is 0 Å². The SMILES string of the molecule is CCCCCCc1cc(CCCC)sc1Br.